The third-order valence-corrected chi connectivity index (χ3v) is 8.62. The van der Waals surface area contributed by atoms with Crippen molar-refractivity contribution in [1.29, 1.82) is 0 Å². The van der Waals surface area contributed by atoms with Crippen LogP contribution < -0.4 is 5.32 Å². The van der Waals surface area contributed by atoms with Crippen LogP contribution in [0.15, 0.2) is 53.4 Å². The van der Waals surface area contributed by atoms with Crippen molar-refractivity contribution >= 4 is 21.4 Å². The van der Waals surface area contributed by atoms with E-state index in [1.165, 1.54) is 24.3 Å². The van der Waals surface area contributed by atoms with E-state index in [0.29, 0.717) is 17.7 Å². The van der Waals surface area contributed by atoms with E-state index in [2.05, 4.69) is 10.1 Å². The molecule has 38 heavy (non-hydrogen) atoms. The number of nitrogens with one attached hydrogen (secondary N) is 1. The largest absolute Gasteiger partial charge is 0.430 e. The highest BCUT2D eigenvalue weighted by molar-refractivity contribution is 7.91. The number of alkyl halides is 6. The van der Waals surface area contributed by atoms with E-state index >= 15 is 0 Å². The number of anilines is 1. The maximum absolute atomic E-state index is 13.9. The Morgan fingerprint density at radius 3 is 1.89 bits per heavy atom. The zero-order chi connectivity index (χ0) is 27.8. The lowest BCUT2D eigenvalue weighted by molar-refractivity contribution is -0.389. The molecule has 0 spiro atoms. The van der Waals surface area contributed by atoms with Crippen molar-refractivity contribution < 1.29 is 44.3 Å². The molecule has 0 atom stereocenters. The van der Waals surface area contributed by atoms with Gasteiger partial charge < -0.3 is 10.1 Å². The van der Waals surface area contributed by atoms with Crippen LogP contribution in [-0.2, 0) is 31.4 Å². The molecule has 2 aliphatic rings. The molecule has 0 unspecified atom stereocenters. The molecule has 0 saturated heterocycles. The van der Waals surface area contributed by atoms with Crippen LogP contribution in [0.5, 0.6) is 0 Å². The average molecular weight is 564 g/mol. The first kappa shape index (κ1) is 28.4. The van der Waals surface area contributed by atoms with Crippen LogP contribution in [0.3, 0.4) is 0 Å². The lowest BCUT2D eigenvalue weighted by atomic mass is 9.91. The number of halogens is 6. The van der Waals surface area contributed by atoms with E-state index in [4.69, 9.17) is 0 Å². The van der Waals surface area contributed by atoms with Crippen molar-refractivity contribution in [2.45, 2.75) is 61.4 Å². The van der Waals surface area contributed by atoms with Crippen LogP contribution in [0.2, 0.25) is 0 Å². The van der Waals surface area contributed by atoms with E-state index in [9.17, 15) is 39.6 Å². The molecule has 2 fully saturated rings. The Morgan fingerprint density at radius 1 is 0.842 bits per heavy atom. The number of ether oxygens (including phenoxy) is 1. The van der Waals surface area contributed by atoms with Crippen LogP contribution >= 0.6 is 0 Å². The van der Waals surface area contributed by atoms with Crippen molar-refractivity contribution in [3.8, 4) is 0 Å². The van der Waals surface area contributed by atoms with Gasteiger partial charge in [-0.1, -0.05) is 37.1 Å². The van der Waals surface area contributed by atoms with Gasteiger partial charge in [-0.2, -0.15) is 26.3 Å². The number of rotatable bonds is 11. The summed E-state index contributed by atoms with van der Waals surface area (Å²) in [5, 5.41) is 2.43. The quantitative estimate of drug-likeness (QED) is 0.331. The first-order valence-electron chi connectivity index (χ1n) is 12.2. The van der Waals surface area contributed by atoms with E-state index in [1.807, 2.05) is 0 Å². The minimum absolute atomic E-state index is 0.00129. The molecule has 2 aromatic rings. The molecule has 0 aromatic heterocycles. The monoisotopic (exact) mass is 563 g/mol. The van der Waals surface area contributed by atoms with Gasteiger partial charge in [0.25, 0.3) is 5.60 Å². The van der Waals surface area contributed by atoms with Crippen LogP contribution in [0.4, 0.5) is 32.0 Å². The van der Waals surface area contributed by atoms with E-state index in [1.54, 1.807) is 0 Å². The van der Waals surface area contributed by atoms with Gasteiger partial charge in [0, 0.05) is 17.9 Å². The van der Waals surface area contributed by atoms with Crippen LogP contribution in [0, 0.1) is 11.8 Å². The van der Waals surface area contributed by atoms with Crippen LogP contribution in [0.1, 0.15) is 43.2 Å². The highest BCUT2D eigenvalue weighted by atomic mass is 32.2. The van der Waals surface area contributed by atoms with E-state index in [0.717, 1.165) is 37.8 Å². The summed E-state index contributed by atoms with van der Waals surface area (Å²) in [6.45, 7) is -0.692. The Balaban J connectivity index is 1.43. The predicted octanol–water partition coefficient (Wildman–Crippen LogP) is 6.19. The van der Waals surface area contributed by atoms with Crippen molar-refractivity contribution in [2.24, 2.45) is 11.8 Å². The lowest BCUT2D eigenvalue weighted by Crippen LogP contribution is -2.56. The van der Waals surface area contributed by atoms with Crippen LogP contribution in [-0.4, -0.2) is 39.0 Å². The summed E-state index contributed by atoms with van der Waals surface area (Å²) in [6, 6.07) is 9.00. The maximum Gasteiger partial charge on any atom is 0.430 e. The number of carbonyl (C=O) groups excluding carboxylic acids is 1. The Kier molecular flexibility index (Phi) is 7.86. The third-order valence-electron chi connectivity index (χ3n) is 6.71. The lowest BCUT2D eigenvalue weighted by Gasteiger charge is -2.37. The van der Waals surface area contributed by atoms with Crippen LogP contribution in [0.25, 0.3) is 0 Å². The van der Waals surface area contributed by atoms with Gasteiger partial charge in [-0.05, 0) is 60.9 Å². The van der Waals surface area contributed by atoms with Gasteiger partial charge in [0.2, 0.25) is 5.91 Å². The molecular formula is C26H27F6NO4S. The molecule has 5 nitrogen and oxygen atoms in total. The average Bonchev–Trinajstić information content (AvgIpc) is 3.73. The summed E-state index contributed by atoms with van der Waals surface area (Å²) < 4.78 is 112. The van der Waals surface area contributed by atoms with Crippen molar-refractivity contribution in [3.05, 3.63) is 59.7 Å². The summed E-state index contributed by atoms with van der Waals surface area (Å²) in [4.78, 5) is 12.6. The Bertz CT molecular complexity index is 1220. The van der Waals surface area contributed by atoms with Crippen molar-refractivity contribution in [3.63, 3.8) is 0 Å². The molecule has 1 amide bonds. The molecule has 0 radical (unpaired) electrons. The summed E-state index contributed by atoms with van der Waals surface area (Å²) in [5.41, 5.74) is -5.13. The standard InChI is InChI=1S/C26H27F6NO4S/c27-25(28,29)24(26(30,31)32,37-14-13-17-1-2-17)20-7-9-21(10-8-20)33-23(34)15-18-5-11-22(12-6-18)38(35,36)16-19-3-4-19/h5-12,17,19H,1-4,13-16H2,(H,33,34). The fourth-order valence-electron chi connectivity index (χ4n) is 4.20. The molecule has 208 valence electrons. The number of sulfone groups is 1. The molecule has 2 aromatic carbocycles. The van der Waals surface area contributed by atoms with Gasteiger partial charge in [0.05, 0.1) is 17.1 Å². The summed E-state index contributed by atoms with van der Waals surface area (Å²) in [5.74, 6) is -0.234. The summed E-state index contributed by atoms with van der Waals surface area (Å²) >= 11 is 0. The number of hydrogen-bond acceptors (Lipinski definition) is 4. The van der Waals surface area contributed by atoms with Crippen molar-refractivity contribution in [1.82, 2.24) is 0 Å². The molecule has 1 N–H and O–H groups in total. The molecule has 2 saturated carbocycles. The topological polar surface area (TPSA) is 72.5 Å². The molecule has 12 heteroatoms. The molecular weight excluding hydrogens is 536 g/mol. The van der Waals surface area contributed by atoms with E-state index in [-0.39, 0.29) is 41.0 Å². The normalized spacial score (nSPS) is 16.9. The minimum atomic E-state index is -5.77. The molecule has 0 aliphatic heterocycles. The minimum Gasteiger partial charge on any atom is -0.354 e. The highest BCUT2D eigenvalue weighted by Crippen LogP contribution is 2.53. The molecule has 2 aliphatic carbocycles. The van der Waals surface area contributed by atoms with Gasteiger partial charge in [0.1, 0.15) is 0 Å². The Hall–Kier alpha value is -2.60. The zero-order valence-electron chi connectivity index (χ0n) is 20.2. The number of carbonyl (C=O) groups is 1. The maximum atomic E-state index is 13.9. The SMILES string of the molecule is O=C(Cc1ccc(S(=O)(=O)CC2CC2)cc1)Nc1ccc(C(OCCC2CC2)(C(F)(F)F)C(F)(F)F)cc1. The molecule has 0 heterocycles. The smallest absolute Gasteiger partial charge is 0.354 e. The first-order valence-corrected chi connectivity index (χ1v) is 13.9. The summed E-state index contributed by atoms with van der Waals surface area (Å²) in [7, 11) is -3.41. The second-order valence-electron chi connectivity index (χ2n) is 9.93. The van der Waals surface area contributed by atoms with Gasteiger partial charge >= 0.3 is 12.4 Å². The zero-order valence-corrected chi connectivity index (χ0v) is 21.1. The predicted molar refractivity (Wildman–Crippen MR) is 127 cm³/mol. The van der Waals surface area contributed by atoms with Gasteiger partial charge in [-0.15, -0.1) is 0 Å². The fourth-order valence-corrected chi connectivity index (χ4v) is 5.90. The second-order valence-corrected chi connectivity index (χ2v) is 12.0. The number of benzene rings is 2. The van der Waals surface area contributed by atoms with Gasteiger partial charge in [-0.3, -0.25) is 4.79 Å². The fraction of sp³-hybridized carbons (Fsp3) is 0.500. The molecule has 0 bridgehead atoms. The highest BCUT2D eigenvalue weighted by Gasteiger charge is 2.73. The van der Waals surface area contributed by atoms with E-state index < -0.39 is 45.9 Å². The number of amides is 1. The van der Waals surface area contributed by atoms with Gasteiger partial charge in [0.15, 0.2) is 9.84 Å². The Morgan fingerprint density at radius 2 is 1.39 bits per heavy atom. The third kappa shape index (κ3) is 6.51. The second kappa shape index (κ2) is 10.5. The number of hydrogen-bond donors (Lipinski definition) is 1. The first-order chi connectivity index (χ1) is 17.7. The Labute approximate surface area is 216 Å². The molecule has 4 rings (SSSR count). The van der Waals surface area contributed by atoms with Gasteiger partial charge in [-0.25, -0.2) is 8.42 Å². The van der Waals surface area contributed by atoms with Crippen molar-refractivity contribution in [2.75, 3.05) is 17.7 Å². The summed E-state index contributed by atoms with van der Waals surface area (Å²) in [6.07, 6.45) is -8.31.